The lowest BCUT2D eigenvalue weighted by Crippen LogP contribution is -2.34. The predicted molar refractivity (Wildman–Crippen MR) is 77.4 cm³/mol. The minimum Gasteiger partial charge on any atom is -0.478 e. The zero-order chi connectivity index (χ0) is 14.5. The summed E-state index contributed by atoms with van der Waals surface area (Å²) in [7, 11) is 1.82. The summed E-state index contributed by atoms with van der Waals surface area (Å²) in [6.07, 6.45) is 6.24. The molecule has 1 N–H and O–H groups in total. The van der Waals surface area contributed by atoms with Gasteiger partial charge in [-0.1, -0.05) is 18.6 Å². The molecule has 0 spiro atoms. The zero-order valence-corrected chi connectivity index (χ0v) is 11.6. The van der Waals surface area contributed by atoms with Crippen molar-refractivity contribution in [2.24, 2.45) is 5.92 Å². The highest BCUT2D eigenvalue weighted by Gasteiger charge is 2.21. The number of hydrogen-bond acceptors (Lipinski definition) is 2. The Balaban J connectivity index is 2.05. The van der Waals surface area contributed by atoms with Crippen molar-refractivity contribution in [1.82, 2.24) is 4.90 Å². The number of hydrogen-bond donors (Lipinski definition) is 1. The van der Waals surface area contributed by atoms with E-state index in [0.29, 0.717) is 11.5 Å². The standard InChI is InChI=1S/C16H19NO3/c1-17(11-13-5-2-6-13)16(20)14-7-3-4-12(10-14)8-9-15(18)19/h3-4,7-10,13H,2,5-6,11H2,1H3,(H,18,19). The third-order valence-electron chi connectivity index (χ3n) is 3.66. The maximum atomic E-state index is 12.3. The van der Waals surface area contributed by atoms with Crippen LogP contribution in [0.2, 0.25) is 0 Å². The number of benzene rings is 1. The number of amides is 1. The van der Waals surface area contributed by atoms with Crippen molar-refractivity contribution >= 4 is 18.0 Å². The summed E-state index contributed by atoms with van der Waals surface area (Å²) in [5, 5.41) is 8.61. The van der Waals surface area contributed by atoms with Gasteiger partial charge in [-0.2, -0.15) is 0 Å². The lowest BCUT2D eigenvalue weighted by Gasteiger charge is -2.30. The second kappa shape index (κ2) is 6.37. The van der Waals surface area contributed by atoms with E-state index in [1.165, 1.54) is 25.3 Å². The molecule has 0 bridgehead atoms. The summed E-state index contributed by atoms with van der Waals surface area (Å²) in [5.41, 5.74) is 1.31. The Morgan fingerprint density at radius 1 is 1.40 bits per heavy atom. The summed E-state index contributed by atoms with van der Waals surface area (Å²) in [5.74, 6) is -0.370. The molecule has 4 heteroatoms. The van der Waals surface area contributed by atoms with E-state index >= 15 is 0 Å². The second-order valence-corrected chi connectivity index (χ2v) is 5.28. The van der Waals surface area contributed by atoms with Crippen molar-refractivity contribution in [3.8, 4) is 0 Å². The highest BCUT2D eigenvalue weighted by Crippen LogP contribution is 2.27. The van der Waals surface area contributed by atoms with Crippen LogP contribution in [0.1, 0.15) is 35.2 Å². The van der Waals surface area contributed by atoms with E-state index in [-0.39, 0.29) is 5.91 Å². The summed E-state index contributed by atoms with van der Waals surface area (Å²) in [6.45, 7) is 0.800. The number of carbonyl (C=O) groups excluding carboxylic acids is 1. The molecule has 1 aromatic rings. The molecular weight excluding hydrogens is 254 g/mol. The molecule has 0 saturated heterocycles. The van der Waals surface area contributed by atoms with Gasteiger partial charge in [-0.25, -0.2) is 4.79 Å². The van der Waals surface area contributed by atoms with Gasteiger partial charge in [-0.3, -0.25) is 4.79 Å². The average Bonchev–Trinajstić information content (AvgIpc) is 2.39. The molecule has 0 radical (unpaired) electrons. The number of aliphatic carboxylic acids is 1. The van der Waals surface area contributed by atoms with Crippen LogP contribution in [0.5, 0.6) is 0 Å². The summed E-state index contributed by atoms with van der Waals surface area (Å²) < 4.78 is 0. The normalized spacial score (nSPS) is 15.1. The SMILES string of the molecule is CN(CC1CCC1)C(=O)c1cccc(C=CC(=O)O)c1. The van der Waals surface area contributed by atoms with E-state index in [1.54, 1.807) is 29.2 Å². The Hall–Kier alpha value is -2.10. The molecule has 0 aliphatic heterocycles. The number of nitrogens with zero attached hydrogens (tertiary/aromatic N) is 1. The average molecular weight is 273 g/mol. The van der Waals surface area contributed by atoms with E-state index in [1.807, 2.05) is 7.05 Å². The molecule has 4 nitrogen and oxygen atoms in total. The first-order valence-electron chi connectivity index (χ1n) is 6.83. The van der Waals surface area contributed by atoms with Crippen LogP contribution in [0.25, 0.3) is 6.08 Å². The second-order valence-electron chi connectivity index (χ2n) is 5.28. The largest absolute Gasteiger partial charge is 0.478 e. The molecule has 1 aromatic carbocycles. The lowest BCUT2D eigenvalue weighted by atomic mass is 9.85. The monoisotopic (exact) mass is 273 g/mol. The van der Waals surface area contributed by atoms with Gasteiger partial charge in [0.2, 0.25) is 0 Å². The van der Waals surface area contributed by atoms with Crippen LogP contribution in [0.15, 0.2) is 30.3 Å². The number of rotatable bonds is 5. The van der Waals surface area contributed by atoms with Gasteiger partial charge in [0.1, 0.15) is 0 Å². The molecule has 1 saturated carbocycles. The Labute approximate surface area is 118 Å². The highest BCUT2D eigenvalue weighted by molar-refractivity contribution is 5.95. The minimum absolute atomic E-state index is 0.0116. The summed E-state index contributed by atoms with van der Waals surface area (Å²) >= 11 is 0. The van der Waals surface area contributed by atoms with Gasteiger partial charge in [0, 0.05) is 25.2 Å². The molecule has 106 valence electrons. The highest BCUT2D eigenvalue weighted by atomic mass is 16.4. The van der Waals surface area contributed by atoms with Crippen molar-refractivity contribution in [2.75, 3.05) is 13.6 Å². The Kier molecular flexibility index (Phi) is 4.56. The smallest absolute Gasteiger partial charge is 0.328 e. The molecule has 2 rings (SSSR count). The van der Waals surface area contributed by atoms with Crippen molar-refractivity contribution in [1.29, 1.82) is 0 Å². The van der Waals surface area contributed by atoms with Crippen molar-refractivity contribution < 1.29 is 14.7 Å². The van der Waals surface area contributed by atoms with E-state index in [2.05, 4.69) is 0 Å². The molecule has 0 unspecified atom stereocenters. The van der Waals surface area contributed by atoms with Crippen LogP contribution < -0.4 is 0 Å². The van der Waals surface area contributed by atoms with E-state index < -0.39 is 5.97 Å². The molecule has 20 heavy (non-hydrogen) atoms. The first-order valence-corrected chi connectivity index (χ1v) is 6.83. The van der Waals surface area contributed by atoms with Gasteiger partial charge in [-0.05, 0) is 42.5 Å². The molecule has 1 amide bonds. The van der Waals surface area contributed by atoms with Gasteiger partial charge < -0.3 is 10.0 Å². The minimum atomic E-state index is -0.996. The quantitative estimate of drug-likeness (QED) is 0.839. The predicted octanol–water partition coefficient (Wildman–Crippen LogP) is 2.66. The third-order valence-corrected chi connectivity index (χ3v) is 3.66. The van der Waals surface area contributed by atoms with Crippen LogP contribution in [-0.4, -0.2) is 35.5 Å². The molecule has 0 aromatic heterocycles. The molecule has 1 aliphatic carbocycles. The van der Waals surface area contributed by atoms with Crippen LogP contribution in [-0.2, 0) is 4.79 Å². The summed E-state index contributed by atoms with van der Waals surface area (Å²) in [6, 6.07) is 7.03. The Morgan fingerprint density at radius 3 is 2.75 bits per heavy atom. The van der Waals surface area contributed by atoms with Gasteiger partial charge in [0.15, 0.2) is 0 Å². The van der Waals surface area contributed by atoms with Gasteiger partial charge in [0.05, 0.1) is 0 Å². The maximum Gasteiger partial charge on any atom is 0.328 e. The fourth-order valence-electron chi connectivity index (χ4n) is 2.31. The Morgan fingerprint density at radius 2 is 2.15 bits per heavy atom. The molecule has 1 aliphatic rings. The first-order chi connectivity index (χ1) is 9.56. The van der Waals surface area contributed by atoms with E-state index in [0.717, 1.165) is 18.2 Å². The maximum absolute atomic E-state index is 12.3. The van der Waals surface area contributed by atoms with E-state index in [9.17, 15) is 9.59 Å². The van der Waals surface area contributed by atoms with Crippen LogP contribution >= 0.6 is 0 Å². The Bertz CT molecular complexity index is 532. The zero-order valence-electron chi connectivity index (χ0n) is 11.6. The molecule has 0 atom stereocenters. The van der Waals surface area contributed by atoms with Crippen LogP contribution in [0, 0.1) is 5.92 Å². The fourth-order valence-corrected chi connectivity index (χ4v) is 2.31. The molecule has 1 fully saturated rings. The van der Waals surface area contributed by atoms with E-state index in [4.69, 9.17) is 5.11 Å². The number of carboxylic acids is 1. The van der Waals surface area contributed by atoms with Gasteiger partial charge in [-0.15, -0.1) is 0 Å². The third kappa shape index (κ3) is 3.70. The van der Waals surface area contributed by atoms with Gasteiger partial charge in [0.25, 0.3) is 5.91 Å². The topological polar surface area (TPSA) is 57.6 Å². The number of carboxylic acid groups (broad SMARTS) is 1. The van der Waals surface area contributed by atoms with Crippen molar-refractivity contribution in [2.45, 2.75) is 19.3 Å². The van der Waals surface area contributed by atoms with Crippen LogP contribution in [0.4, 0.5) is 0 Å². The summed E-state index contributed by atoms with van der Waals surface area (Å²) in [4.78, 5) is 24.5. The molecular formula is C16H19NO3. The fraction of sp³-hybridized carbons (Fsp3) is 0.375. The molecule has 0 heterocycles. The van der Waals surface area contributed by atoms with Crippen LogP contribution in [0.3, 0.4) is 0 Å². The lowest BCUT2D eigenvalue weighted by molar-refractivity contribution is -0.131. The van der Waals surface area contributed by atoms with Crippen molar-refractivity contribution in [3.05, 3.63) is 41.5 Å². The first kappa shape index (κ1) is 14.3. The number of carbonyl (C=O) groups is 2. The van der Waals surface area contributed by atoms with Gasteiger partial charge >= 0.3 is 5.97 Å². The van der Waals surface area contributed by atoms with Crippen molar-refractivity contribution in [3.63, 3.8) is 0 Å².